The van der Waals surface area contributed by atoms with Crippen molar-refractivity contribution in [3.8, 4) is 6.07 Å². The molecule has 0 unspecified atom stereocenters. The molecule has 7 nitrogen and oxygen atoms in total. The zero-order chi connectivity index (χ0) is 18.5. The third-order valence-corrected chi connectivity index (χ3v) is 5.20. The lowest BCUT2D eigenvalue weighted by Gasteiger charge is -2.21. The third-order valence-electron chi connectivity index (χ3n) is 5.20. The molecular weight excluding hydrogens is 337 g/mol. The van der Waals surface area contributed by atoms with Gasteiger partial charge in [-0.25, -0.2) is 4.39 Å². The lowest BCUT2D eigenvalue weighted by Crippen LogP contribution is -2.43. The van der Waals surface area contributed by atoms with Crippen molar-refractivity contribution in [1.82, 2.24) is 20.5 Å². The van der Waals surface area contributed by atoms with Crippen molar-refractivity contribution in [3.63, 3.8) is 0 Å². The van der Waals surface area contributed by atoms with Crippen LogP contribution in [0.1, 0.15) is 36.2 Å². The van der Waals surface area contributed by atoms with Crippen molar-refractivity contribution in [3.05, 3.63) is 24.0 Å². The Bertz CT molecular complexity index is 672. The number of rotatable bonds is 6. The summed E-state index contributed by atoms with van der Waals surface area (Å²) >= 11 is 0. The Morgan fingerprint density at radius 2 is 2.23 bits per heavy atom. The maximum atomic E-state index is 13.4. The molecule has 0 radical (unpaired) electrons. The summed E-state index contributed by atoms with van der Waals surface area (Å²) in [5.74, 6) is 0.0366. The number of carbonyl (C=O) groups is 2. The maximum absolute atomic E-state index is 13.4. The number of nitrogens with one attached hydrogen (secondary N) is 3. The second kappa shape index (κ2) is 8.32. The van der Waals surface area contributed by atoms with Gasteiger partial charge < -0.3 is 20.5 Å². The minimum atomic E-state index is -1.11. The monoisotopic (exact) mass is 361 g/mol. The first-order valence-corrected chi connectivity index (χ1v) is 9.05. The molecule has 4 atom stereocenters. The summed E-state index contributed by atoms with van der Waals surface area (Å²) in [4.78, 5) is 28.4. The highest BCUT2D eigenvalue weighted by molar-refractivity contribution is 5.92. The van der Waals surface area contributed by atoms with E-state index in [9.17, 15) is 14.0 Å². The molecule has 1 saturated heterocycles. The van der Waals surface area contributed by atoms with Gasteiger partial charge in [0.25, 0.3) is 5.91 Å². The van der Waals surface area contributed by atoms with Gasteiger partial charge in [0, 0.05) is 25.2 Å². The van der Waals surface area contributed by atoms with E-state index in [0.717, 1.165) is 19.3 Å². The van der Waals surface area contributed by atoms with Gasteiger partial charge in [-0.1, -0.05) is 0 Å². The SMILES string of the molecule is N#C[C@@H]1C[C@H](F)CN1C(=O)CN[C@@H]1CC[C@H](CNC(=O)c2ccc[nH]2)C1. The molecule has 0 spiro atoms. The number of nitrogens with zero attached hydrogens (tertiary/aromatic N) is 2. The van der Waals surface area contributed by atoms with E-state index in [-0.39, 0.29) is 37.4 Å². The first-order chi connectivity index (χ1) is 12.6. The average Bonchev–Trinajstić information content (AvgIpc) is 3.37. The molecule has 0 aromatic carbocycles. The molecule has 1 aliphatic heterocycles. The van der Waals surface area contributed by atoms with Crippen LogP contribution in [0.25, 0.3) is 0 Å². The lowest BCUT2D eigenvalue weighted by atomic mass is 10.1. The fraction of sp³-hybridized carbons (Fsp3) is 0.611. The van der Waals surface area contributed by atoms with Gasteiger partial charge in [0.2, 0.25) is 5.91 Å². The fourth-order valence-corrected chi connectivity index (χ4v) is 3.77. The summed E-state index contributed by atoms with van der Waals surface area (Å²) in [6, 6.07) is 5.06. The van der Waals surface area contributed by atoms with Gasteiger partial charge in [0.15, 0.2) is 0 Å². The molecule has 2 fully saturated rings. The van der Waals surface area contributed by atoms with E-state index < -0.39 is 12.2 Å². The summed E-state index contributed by atoms with van der Waals surface area (Å²) in [7, 11) is 0. The van der Waals surface area contributed by atoms with E-state index in [0.29, 0.717) is 18.2 Å². The molecule has 140 valence electrons. The van der Waals surface area contributed by atoms with E-state index in [1.165, 1.54) is 4.90 Å². The van der Waals surface area contributed by atoms with E-state index in [2.05, 4.69) is 15.6 Å². The van der Waals surface area contributed by atoms with Gasteiger partial charge in [-0.15, -0.1) is 0 Å². The van der Waals surface area contributed by atoms with Gasteiger partial charge in [0.1, 0.15) is 17.9 Å². The van der Waals surface area contributed by atoms with E-state index >= 15 is 0 Å². The van der Waals surface area contributed by atoms with Gasteiger partial charge in [0.05, 0.1) is 19.2 Å². The van der Waals surface area contributed by atoms with Crippen molar-refractivity contribution in [2.24, 2.45) is 5.92 Å². The van der Waals surface area contributed by atoms with Crippen molar-refractivity contribution in [2.75, 3.05) is 19.6 Å². The number of hydrogen-bond acceptors (Lipinski definition) is 4. The highest BCUT2D eigenvalue weighted by atomic mass is 19.1. The number of nitriles is 1. The molecule has 8 heteroatoms. The van der Waals surface area contributed by atoms with Crippen molar-refractivity contribution < 1.29 is 14.0 Å². The van der Waals surface area contributed by atoms with Crippen LogP contribution in [0.2, 0.25) is 0 Å². The summed E-state index contributed by atoms with van der Waals surface area (Å²) in [5.41, 5.74) is 0.548. The molecule has 1 aliphatic carbocycles. The number of amides is 2. The summed E-state index contributed by atoms with van der Waals surface area (Å²) in [6.45, 7) is 0.740. The second-order valence-electron chi connectivity index (χ2n) is 7.07. The van der Waals surface area contributed by atoms with Crippen molar-refractivity contribution >= 4 is 11.8 Å². The van der Waals surface area contributed by atoms with E-state index in [1.54, 1.807) is 18.3 Å². The third kappa shape index (κ3) is 4.41. The van der Waals surface area contributed by atoms with E-state index in [1.807, 2.05) is 6.07 Å². The number of alkyl halides is 1. The molecule has 1 saturated carbocycles. The van der Waals surface area contributed by atoms with Crippen molar-refractivity contribution in [1.29, 1.82) is 5.26 Å². The number of aromatic nitrogens is 1. The zero-order valence-electron chi connectivity index (χ0n) is 14.6. The van der Waals surface area contributed by atoms with Crippen molar-refractivity contribution in [2.45, 2.75) is 43.9 Å². The standard InChI is InChI=1S/C18H24FN5O2/c19-13-7-15(8-20)24(11-13)17(25)10-22-14-4-3-12(6-14)9-23-18(26)16-2-1-5-21-16/h1-2,5,12-15,21-22H,3-4,6-7,9-11H2,(H,23,26)/t12-,13-,14+,15-/m0/s1. The number of likely N-dealkylation sites (tertiary alicyclic amines) is 1. The van der Waals surface area contributed by atoms with Gasteiger partial charge in [-0.05, 0) is 37.3 Å². The molecule has 3 rings (SSSR count). The highest BCUT2D eigenvalue weighted by Gasteiger charge is 2.35. The number of hydrogen-bond donors (Lipinski definition) is 3. The Morgan fingerprint density at radius 3 is 2.96 bits per heavy atom. The van der Waals surface area contributed by atoms with Gasteiger partial charge in [-0.3, -0.25) is 9.59 Å². The zero-order valence-corrected chi connectivity index (χ0v) is 14.6. The quantitative estimate of drug-likeness (QED) is 0.703. The van der Waals surface area contributed by atoms with Crippen LogP contribution in [0.5, 0.6) is 0 Å². The van der Waals surface area contributed by atoms with Gasteiger partial charge in [-0.2, -0.15) is 5.26 Å². The van der Waals surface area contributed by atoms with Crippen LogP contribution in [0, 0.1) is 17.2 Å². The van der Waals surface area contributed by atoms with E-state index in [4.69, 9.17) is 5.26 Å². The molecule has 3 N–H and O–H groups in total. The Balaban J connectivity index is 1.37. The number of aromatic amines is 1. The predicted molar refractivity (Wildman–Crippen MR) is 92.9 cm³/mol. The number of halogens is 1. The smallest absolute Gasteiger partial charge is 0.267 e. The Hall–Kier alpha value is -2.40. The Kier molecular flexibility index (Phi) is 5.89. The fourth-order valence-electron chi connectivity index (χ4n) is 3.77. The highest BCUT2D eigenvalue weighted by Crippen LogP contribution is 2.25. The first-order valence-electron chi connectivity index (χ1n) is 9.05. The topological polar surface area (TPSA) is 101 Å². The molecule has 2 amide bonds. The summed E-state index contributed by atoms with van der Waals surface area (Å²) in [6.07, 6.45) is 3.50. The minimum absolute atomic E-state index is 0.0107. The van der Waals surface area contributed by atoms with Crippen LogP contribution >= 0.6 is 0 Å². The van der Waals surface area contributed by atoms with Crippen LogP contribution in [-0.2, 0) is 4.79 Å². The van der Waals surface area contributed by atoms with Crippen LogP contribution in [-0.4, -0.2) is 59.6 Å². The van der Waals surface area contributed by atoms with Crippen LogP contribution in [0.4, 0.5) is 4.39 Å². The lowest BCUT2D eigenvalue weighted by molar-refractivity contribution is -0.130. The second-order valence-corrected chi connectivity index (χ2v) is 7.07. The van der Waals surface area contributed by atoms with Crippen LogP contribution in [0.15, 0.2) is 18.3 Å². The van der Waals surface area contributed by atoms with Crippen LogP contribution < -0.4 is 10.6 Å². The minimum Gasteiger partial charge on any atom is -0.357 e. The molecule has 1 aromatic rings. The molecule has 2 aliphatic rings. The summed E-state index contributed by atoms with van der Waals surface area (Å²) < 4.78 is 13.4. The molecule has 0 bridgehead atoms. The molecule has 2 heterocycles. The predicted octanol–water partition coefficient (Wildman–Crippen LogP) is 0.965. The molecule has 1 aromatic heterocycles. The normalized spacial score (nSPS) is 28.1. The van der Waals surface area contributed by atoms with Crippen LogP contribution in [0.3, 0.4) is 0 Å². The largest absolute Gasteiger partial charge is 0.357 e. The molecule has 26 heavy (non-hydrogen) atoms. The summed E-state index contributed by atoms with van der Waals surface area (Å²) in [5, 5.41) is 15.2. The maximum Gasteiger partial charge on any atom is 0.267 e. The van der Waals surface area contributed by atoms with Gasteiger partial charge >= 0.3 is 0 Å². The number of H-pyrrole nitrogens is 1. The molecular formula is C18H24FN5O2. The Labute approximate surface area is 151 Å². The average molecular weight is 361 g/mol. The number of carbonyl (C=O) groups excluding carboxylic acids is 2. The Morgan fingerprint density at radius 1 is 1.38 bits per heavy atom. The first kappa shape index (κ1) is 18.4.